The molecule has 1 N–H and O–H groups in total. The van der Waals surface area contributed by atoms with E-state index in [4.69, 9.17) is 0 Å². The molecule has 0 aliphatic carbocycles. The van der Waals surface area contributed by atoms with Gasteiger partial charge in [-0.15, -0.1) is 11.3 Å². The summed E-state index contributed by atoms with van der Waals surface area (Å²) in [7, 11) is 0. The van der Waals surface area contributed by atoms with Crippen LogP contribution in [0.4, 0.5) is 0 Å². The number of carbonyl (C=O) groups excluding carboxylic acids is 1. The van der Waals surface area contributed by atoms with Gasteiger partial charge in [-0.1, -0.05) is 36.4 Å². The maximum atomic E-state index is 12.4. The van der Waals surface area contributed by atoms with Gasteiger partial charge in [0.05, 0.1) is 12.2 Å². The Morgan fingerprint density at radius 1 is 1.14 bits per heavy atom. The Kier molecular flexibility index (Phi) is 3.71. The van der Waals surface area contributed by atoms with E-state index in [1.54, 1.807) is 11.3 Å². The van der Waals surface area contributed by atoms with E-state index in [9.17, 15) is 4.79 Å². The zero-order valence-corrected chi connectivity index (χ0v) is 12.8. The molecule has 0 aliphatic heterocycles. The van der Waals surface area contributed by atoms with Crippen molar-refractivity contribution in [1.29, 1.82) is 0 Å². The highest BCUT2D eigenvalue weighted by Gasteiger charge is 2.10. The van der Waals surface area contributed by atoms with Crippen molar-refractivity contribution >= 4 is 28.0 Å². The predicted octanol–water partition coefficient (Wildman–Crippen LogP) is 3.84. The third kappa shape index (κ3) is 2.81. The molecule has 1 aromatic heterocycles. The molecule has 0 spiro atoms. The molecule has 0 unspecified atom stereocenters. The molecule has 2 aromatic carbocycles. The molecule has 0 saturated heterocycles. The highest BCUT2D eigenvalue weighted by atomic mass is 32.1. The SMILES string of the molecule is Cc1nc(CNC(=O)c2cccc3ccccc23)sc1C. The molecule has 1 amide bonds. The molecule has 0 aliphatic rings. The number of benzene rings is 2. The largest absolute Gasteiger partial charge is 0.346 e. The average molecular weight is 296 g/mol. The molecule has 0 radical (unpaired) electrons. The standard InChI is InChI=1S/C17H16N2OS/c1-11-12(2)21-16(19-11)10-18-17(20)15-9-5-7-13-6-3-4-8-14(13)15/h3-9H,10H2,1-2H3,(H,18,20). The third-order valence-corrected chi connectivity index (χ3v) is 4.58. The Labute approximate surface area is 127 Å². The first-order chi connectivity index (χ1) is 10.1. The van der Waals surface area contributed by atoms with E-state index < -0.39 is 0 Å². The molecule has 0 bridgehead atoms. The van der Waals surface area contributed by atoms with Crippen LogP contribution in [0.5, 0.6) is 0 Å². The lowest BCUT2D eigenvalue weighted by atomic mass is 10.0. The Balaban J connectivity index is 1.81. The van der Waals surface area contributed by atoms with Gasteiger partial charge in [0.15, 0.2) is 0 Å². The second kappa shape index (κ2) is 5.66. The van der Waals surface area contributed by atoms with Gasteiger partial charge in [0.25, 0.3) is 5.91 Å². The number of nitrogens with zero attached hydrogens (tertiary/aromatic N) is 1. The first kappa shape index (κ1) is 13.8. The van der Waals surface area contributed by atoms with Gasteiger partial charge in [-0.05, 0) is 30.7 Å². The van der Waals surface area contributed by atoms with Crippen molar-refractivity contribution in [3.8, 4) is 0 Å². The van der Waals surface area contributed by atoms with E-state index in [0.717, 1.165) is 21.5 Å². The first-order valence-corrected chi connectivity index (χ1v) is 7.65. The lowest BCUT2D eigenvalue weighted by molar-refractivity contribution is 0.0952. The summed E-state index contributed by atoms with van der Waals surface area (Å²) in [6.07, 6.45) is 0. The predicted molar refractivity (Wildman–Crippen MR) is 86.7 cm³/mol. The van der Waals surface area contributed by atoms with E-state index in [-0.39, 0.29) is 5.91 Å². The maximum absolute atomic E-state index is 12.4. The number of aryl methyl sites for hydroxylation is 2. The van der Waals surface area contributed by atoms with Gasteiger partial charge in [-0.25, -0.2) is 4.98 Å². The molecular weight excluding hydrogens is 280 g/mol. The fourth-order valence-electron chi connectivity index (χ4n) is 2.29. The number of rotatable bonds is 3. The number of aromatic nitrogens is 1. The molecule has 1 heterocycles. The Morgan fingerprint density at radius 3 is 2.67 bits per heavy atom. The normalized spacial score (nSPS) is 10.8. The van der Waals surface area contributed by atoms with Crippen LogP contribution in [0.25, 0.3) is 10.8 Å². The topological polar surface area (TPSA) is 42.0 Å². The van der Waals surface area contributed by atoms with E-state index in [0.29, 0.717) is 12.1 Å². The smallest absolute Gasteiger partial charge is 0.252 e. The van der Waals surface area contributed by atoms with Crippen molar-refractivity contribution in [3.05, 3.63) is 63.6 Å². The van der Waals surface area contributed by atoms with Gasteiger partial charge < -0.3 is 5.32 Å². The van der Waals surface area contributed by atoms with Crippen LogP contribution in [-0.4, -0.2) is 10.9 Å². The fraction of sp³-hybridized carbons (Fsp3) is 0.176. The minimum Gasteiger partial charge on any atom is -0.346 e. The molecule has 0 atom stereocenters. The minimum atomic E-state index is -0.0580. The van der Waals surface area contributed by atoms with Crippen LogP contribution in [0.2, 0.25) is 0 Å². The van der Waals surface area contributed by atoms with Gasteiger partial charge in [0, 0.05) is 10.4 Å². The summed E-state index contributed by atoms with van der Waals surface area (Å²) in [6, 6.07) is 13.7. The summed E-state index contributed by atoms with van der Waals surface area (Å²) in [5, 5.41) is 5.95. The van der Waals surface area contributed by atoms with E-state index in [1.807, 2.05) is 56.3 Å². The number of thiazole rings is 1. The van der Waals surface area contributed by atoms with Crippen molar-refractivity contribution in [2.75, 3.05) is 0 Å². The molecule has 21 heavy (non-hydrogen) atoms. The van der Waals surface area contributed by atoms with Gasteiger partial charge in [-0.3, -0.25) is 4.79 Å². The number of hydrogen-bond acceptors (Lipinski definition) is 3. The van der Waals surface area contributed by atoms with Crippen molar-refractivity contribution in [2.24, 2.45) is 0 Å². The van der Waals surface area contributed by atoms with Crippen LogP contribution in [0, 0.1) is 13.8 Å². The Hall–Kier alpha value is -2.20. The summed E-state index contributed by atoms with van der Waals surface area (Å²) in [5.41, 5.74) is 1.74. The molecule has 3 nitrogen and oxygen atoms in total. The number of hydrogen-bond donors (Lipinski definition) is 1. The van der Waals surface area contributed by atoms with E-state index in [2.05, 4.69) is 10.3 Å². The number of amides is 1. The van der Waals surface area contributed by atoms with Crippen molar-refractivity contribution in [3.63, 3.8) is 0 Å². The van der Waals surface area contributed by atoms with Crippen molar-refractivity contribution in [1.82, 2.24) is 10.3 Å². The zero-order chi connectivity index (χ0) is 14.8. The van der Waals surface area contributed by atoms with Crippen LogP contribution in [0.15, 0.2) is 42.5 Å². The summed E-state index contributed by atoms with van der Waals surface area (Å²) < 4.78 is 0. The highest BCUT2D eigenvalue weighted by molar-refractivity contribution is 7.11. The van der Waals surface area contributed by atoms with Crippen molar-refractivity contribution in [2.45, 2.75) is 20.4 Å². The van der Waals surface area contributed by atoms with Crippen LogP contribution in [0.1, 0.15) is 25.9 Å². The summed E-state index contributed by atoms with van der Waals surface area (Å²) in [6.45, 7) is 4.51. The van der Waals surface area contributed by atoms with Crippen LogP contribution >= 0.6 is 11.3 Å². The molecule has 106 valence electrons. The second-order valence-corrected chi connectivity index (χ2v) is 6.25. The van der Waals surface area contributed by atoms with Gasteiger partial charge in [0.2, 0.25) is 0 Å². The molecule has 0 saturated carbocycles. The number of carbonyl (C=O) groups is 1. The van der Waals surface area contributed by atoms with Crippen LogP contribution in [-0.2, 0) is 6.54 Å². The molecule has 3 rings (SSSR count). The van der Waals surface area contributed by atoms with Crippen molar-refractivity contribution < 1.29 is 4.79 Å². The first-order valence-electron chi connectivity index (χ1n) is 6.84. The number of nitrogens with one attached hydrogen (secondary N) is 1. The Morgan fingerprint density at radius 2 is 1.90 bits per heavy atom. The number of fused-ring (bicyclic) bond motifs is 1. The van der Waals surface area contributed by atoms with Gasteiger partial charge >= 0.3 is 0 Å². The molecular formula is C17H16N2OS. The maximum Gasteiger partial charge on any atom is 0.252 e. The van der Waals surface area contributed by atoms with Gasteiger partial charge in [-0.2, -0.15) is 0 Å². The average Bonchev–Trinajstić information content (AvgIpc) is 2.83. The van der Waals surface area contributed by atoms with Crippen LogP contribution in [0.3, 0.4) is 0 Å². The van der Waals surface area contributed by atoms with Gasteiger partial charge in [0.1, 0.15) is 5.01 Å². The molecule has 3 aromatic rings. The lowest BCUT2D eigenvalue weighted by Crippen LogP contribution is -2.22. The minimum absolute atomic E-state index is 0.0580. The van der Waals surface area contributed by atoms with Crippen LogP contribution < -0.4 is 5.32 Å². The molecule has 0 fully saturated rings. The Bertz CT molecular complexity index is 783. The quantitative estimate of drug-likeness (QED) is 0.798. The van der Waals surface area contributed by atoms with E-state index >= 15 is 0 Å². The van der Waals surface area contributed by atoms with E-state index in [1.165, 1.54) is 4.88 Å². The summed E-state index contributed by atoms with van der Waals surface area (Å²) in [4.78, 5) is 18.0. The third-order valence-electron chi connectivity index (χ3n) is 3.51. The highest BCUT2D eigenvalue weighted by Crippen LogP contribution is 2.19. The summed E-state index contributed by atoms with van der Waals surface area (Å²) >= 11 is 1.63. The second-order valence-electron chi connectivity index (χ2n) is 4.96. The monoisotopic (exact) mass is 296 g/mol. The lowest BCUT2D eigenvalue weighted by Gasteiger charge is -2.06. The zero-order valence-electron chi connectivity index (χ0n) is 12.0. The molecule has 4 heteroatoms. The summed E-state index contributed by atoms with van der Waals surface area (Å²) in [5.74, 6) is -0.0580. The fourth-order valence-corrected chi connectivity index (χ4v) is 3.16.